The molecule has 1 saturated heterocycles. The number of benzene rings is 1. The van der Waals surface area contributed by atoms with Crippen molar-refractivity contribution >= 4 is 17.3 Å². The predicted octanol–water partition coefficient (Wildman–Crippen LogP) is 1.79. The van der Waals surface area contributed by atoms with Crippen molar-refractivity contribution in [2.45, 2.75) is 13.8 Å². The molecule has 1 amide bonds. The maximum atomic E-state index is 11.2. The molecule has 0 saturated carbocycles. The molecule has 1 aromatic rings. The molecule has 0 bridgehead atoms. The number of amides is 1. The van der Waals surface area contributed by atoms with Gasteiger partial charge in [-0.15, -0.1) is 0 Å². The van der Waals surface area contributed by atoms with E-state index in [4.69, 9.17) is 0 Å². The Morgan fingerprint density at radius 1 is 1.22 bits per heavy atom. The van der Waals surface area contributed by atoms with Crippen molar-refractivity contribution < 1.29 is 4.79 Å². The smallest absolute Gasteiger partial charge is 0.221 e. The molecule has 0 atom stereocenters. The fourth-order valence-corrected chi connectivity index (χ4v) is 2.35. The van der Waals surface area contributed by atoms with Crippen LogP contribution in [0.4, 0.5) is 11.4 Å². The maximum absolute atomic E-state index is 11.2. The number of nitrogens with one attached hydrogen (secondary N) is 1. The Balaban J connectivity index is 2.11. The second kappa shape index (κ2) is 5.87. The van der Waals surface area contributed by atoms with Crippen LogP contribution < -0.4 is 10.2 Å². The van der Waals surface area contributed by atoms with Crippen molar-refractivity contribution in [1.82, 2.24) is 4.90 Å². The molecule has 0 unspecified atom stereocenters. The SMILES string of the molecule is CCN1CCN(c2ccccc2NC(C)=O)CC1. The lowest BCUT2D eigenvalue weighted by atomic mass is 10.2. The second-order valence-corrected chi connectivity index (χ2v) is 4.62. The van der Waals surface area contributed by atoms with Crippen LogP contribution in [0.15, 0.2) is 24.3 Å². The largest absolute Gasteiger partial charge is 0.367 e. The van der Waals surface area contributed by atoms with Gasteiger partial charge in [0.15, 0.2) is 0 Å². The lowest BCUT2D eigenvalue weighted by Crippen LogP contribution is -2.46. The highest BCUT2D eigenvalue weighted by Gasteiger charge is 2.18. The van der Waals surface area contributed by atoms with E-state index in [1.54, 1.807) is 6.92 Å². The first kappa shape index (κ1) is 12.9. The molecular formula is C14H21N3O. The van der Waals surface area contributed by atoms with Gasteiger partial charge in [-0.2, -0.15) is 0 Å². The number of carbonyl (C=O) groups excluding carboxylic acids is 1. The van der Waals surface area contributed by atoms with Crippen LogP contribution in [0.5, 0.6) is 0 Å². The van der Waals surface area contributed by atoms with Gasteiger partial charge in [0.1, 0.15) is 0 Å². The Hall–Kier alpha value is -1.55. The lowest BCUT2D eigenvalue weighted by Gasteiger charge is -2.36. The summed E-state index contributed by atoms with van der Waals surface area (Å²) in [5.74, 6) is -0.0188. The van der Waals surface area contributed by atoms with E-state index in [0.717, 1.165) is 44.1 Å². The number of rotatable bonds is 3. The molecule has 4 nitrogen and oxygen atoms in total. The fraction of sp³-hybridized carbons (Fsp3) is 0.500. The standard InChI is InChI=1S/C14H21N3O/c1-3-16-8-10-17(11-9-16)14-7-5-4-6-13(14)15-12(2)18/h4-7H,3,8-11H2,1-2H3,(H,15,18). The number of anilines is 2. The molecule has 2 rings (SSSR count). The summed E-state index contributed by atoms with van der Waals surface area (Å²) in [6.07, 6.45) is 0. The van der Waals surface area contributed by atoms with Gasteiger partial charge in [0, 0.05) is 33.1 Å². The summed E-state index contributed by atoms with van der Waals surface area (Å²) in [7, 11) is 0. The molecule has 1 N–H and O–H groups in total. The van der Waals surface area contributed by atoms with Gasteiger partial charge in [0.05, 0.1) is 11.4 Å². The van der Waals surface area contributed by atoms with Crippen molar-refractivity contribution in [3.8, 4) is 0 Å². The summed E-state index contributed by atoms with van der Waals surface area (Å²) in [5.41, 5.74) is 2.04. The van der Waals surface area contributed by atoms with Gasteiger partial charge in [0.2, 0.25) is 5.91 Å². The summed E-state index contributed by atoms with van der Waals surface area (Å²) in [5, 5.41) is 2.90. The van der Waals surface area contributed by atoms with E-state index >= 15 is 0 Å². The van der Waals surface area contributed by atoms with Crippen LogP contribution in [0.1, 0.15) is 13.8 Å². The molecule has 0 spiro atoms. The summed E-state index contributed by atoms with van der Waals surface area (Å²) in [4.78, 5) is 16.0. The van der Waals surface area contributed by atoms with Crippen LogP contribution in [-0.4, -0.2) is 43.5 Å². The highest BCUT2D eigenvalue weighted by Crippen LogP contribution is 2.26. The molecule has 1 aromatic carbocycles. The van der Waals surface area contributed by atoms with Gasteiger partial charge in [-0.3, -0.25) is 4.79 Å². The third-order valence-electron chi connectivity index (χ3n) is 3.37. The highest BCUT2D eigenvalue weighted by molar-refractivity contribution is 5.92. The van der Waals surface area contributed by atoms with E-state index in [0.29, 0.717) is 0 Å². The first-order valence-electron chi connectivity index (χ1n) is 6.54. The van der Waals surface area contributed by atoms with E-state index in [1.807, 2.05) is 18.2 Å². The quantitative estimate of drug-likeness (QED) is 0.884. The molecule has 4 heteroatoms. The van der Waals surface area contributed by atoms with Gasteiger partial charge in [-0.25, -0.2) is 0 Å². The van der Waals surface area contributed by atoms with Gasteiger partial charge in [0.25, 0.3) is 0 Å². The fourth-order valence-electron chi connectivity index (χ4n) is 2.35. The first-order chi connectivity index (χ1) is 8.70. The molecule has 1 heterocycles. The second-order valence-electron chi connectivity index (χ2n) is 4.62. The van der Waals surface area contributed by atoms with Crippen LogP contribution in [0.2, 0.25) is 0 Å². The first-order valence-corrected chi connectivity index (χ1v) is 6.54. The molecule has 0 aliphatic carbocycles. The van der Waals surface area contributed by atoms with Crippen LogP contribution >= 0.6 is 0 Å². The van der Waals surface area contributed by atoms with E-state index in [-0.39, 0.29) is 5.91 Å². The third-order valence-corrected chi connectivity index (χ3v) is 3.37. The average molecular weight is 247 g/mol. The molecule has 1 fully saturated rings. The van der Waals surface area contributed by atoms with Gasteiger partial charge < -0.3 is 15.1 Å². The molecular weight excluding hydrogens is 226 g/mol. The Morgan fingerprint density at radius 3 is 2.50 bits per heavy atom. The number of likely N-dealkylation sites (N-methyl/N-ethyl adjacent to an activating group) is 1. The summed E-state index contributed by atoms with van der Waals surface area (Å²) >= 11 is 0. The van der Waals surface area contributed by atoms with Crippen molar-refractivity contribution in [3.05, 3.63) is 24.3 Å². The zero-order valence-electron chi connectivity index (χ0n) is 11.1. The number of hydrogen-bond donors (Lipinski definition) is 1. The minimum atomic E-state index is -0.0188. The Labute approximate surface area is 109 Å². The summed E-state index contributed by atoms with van der Waals surface area (Å²) in [6.45, 7) is 9.07. The molecule has 1 aliphatic heterocycles. The third kappa shape index (κ3) is 3.01. The van der Waals surface area contributed by atoms with E-state index in [2.05, 4.69) is 28.1 Å². The zero-order chi connectivity index (χ0) is 13.0. The van der Waals surface area contributed by atoms with Crippen molar-refractivity contribution in [2.75, 3.05) is 42.9 Å². The number of carbonyl (C=O) groups is 1. The lowest BCUT2D eigenvalue weighted by molar-refractivity contribution is -0.114. The van der Waals surface area contributed by atoms with E-state index in [1.165, 1.54) is 0 Å². The predicted molar refractivity (Wildman–Crippen MR) is 75.1 cm³/mol. The van der Waals surface area contributed by atoms with Gasteiger partial charge >= 0.3 is 0 Å². The number of para-hydroxylation sites is 2. The van der Waals surface area contributed by atoms with E-state index in [9.17, 15) is 4.79 Å². The molecule has 1 aliphatic rings. The number of nitrogens with zero attached hydrogens (tertiary/aromatic N) is 2. The normalized spacial score (nSPS) is 16.7. The van der Waals surface area contributed by atoms with Crippen LogP contribution in [0, 0.1) is 0 Å². The topological polar surface area (TPSA) is 35.6 Å². The summed E-state index contributed by atoms with van der Waals surface area (Å²) < 4.78 is 0. The maximum Gasteiger partial charge on any atom is 0.221 e. The molecule has 0 radical (unpaired) electrons. The van der Waals surface area contributed by atoms with Gasteiger partial charge in [-0.05, 0) is 18.7 Å². The summed E-state index contributed by atoms with van der Waals surface area (Å²) in [6, 6.07) is 8.01. The molecule has 98 valence electrons. The number of hydrogen-bond acceptors (Lipinski definition) is 3. The van der Waals surface area contributed by atoms with Crippen molar-refractivity contribution in [2.24, 2.45) is 0 Å². The number of piperazine rings is 1. The van der Waals surface area contributed by atoms with Gasteiger partial charge in [-0.1, -0.05) is 19.1 Å². The average Bonchev–Trinajstić information content (AvgIpc) is 2.39. The minimum absolute atomic E-state index is 0.0188. The monoisotopic (exact) mass is 247 g/mol. The van der Waals surface area contributed by atoms with Crippen LogP contribution in [-0.2, 0) is 4.79 Å². The Morgan fingerprint density at radius 2 is 1.89 bits per heavy atom. The van der Waals surface area contributed by atoms with Crippen LogP contribution in [0.3, 0.4) is 0 Å². The van der Waals surface area contributed by atoms with Crippen LogP contribution in [0.25, 0.3) is 0 Å². The minimum Gasteiger partial charge on any atom is -0.367 e. The van der Waals surface area contributed by atoms with Crippen molar-refractivity contribution in [1.29, 1.82) is 0 Å². The molecule has 0 aromatic heterocycles. The molecule has 18 heavy (non-hydrogen) atoms. The zero-order valence-corrected chi connectivity index (χ0v) is 11.1. The highest BCUT2D eigenvalue weighted by atomic mass is 16.1. The Bertz CT molecular complexity index is 411. The van der Waals surface area contributed by atoms with E-state index < -0.39 is 0 Å². The van der Waals surface area contributed by atoms with Crippen molar-refractivity contribution in [3.63, 3.8) is 0 Å². The Kier molecular flexibility index (Phi) is 4.20.